The number of hydrogen-bond acceptors (Lipinski definition) is 3. The number of benzene rings is 3. The molecule has 0 aliphatic carbocycles. The van der Waals surface area contributed by atoms with Crippen LogP contribution >= 0.6 is 0 Å². The minimum atomic E-state index is -1.87. The summed E-state index contributed by atoms with van der Waals surface area (Å²) in [5.74, 6) is -0.755. The molecule has 1 aliphatic rings. The van der Waals surface area contributed by atoms with Crippen molar-refractivity contribution >= 4 is 28.2 Å². The first-order valence-corrected chi connectivity index (χ1v) is 8.82. The summed E-state index contributed by atoms with van der Waals surface area (Å²) in [5, 5.41) is 13.0. The molecule has 1 N–H and O–H groups in total. The van der Waals surface area contributed by atoms with Gasteiger partial charge in [-0.2, -0.15) is 0 Å². The molecule has 3 aromatic rings. The molecule has 3 aromatic carbocycles. The minimum Gasteiger partial charge on any atom is -0.375 e. The Hall–Kier alpha value is -3.24. The van der Waals surface area contributed by atoms with Crippen LogP contribution in [0.4, 0.5) is 5.69 Å². The maximum Gasteiger partial charge on any atom is 0.264 e. The number of carbonyl (C=O) groups is 2. The highest BCUT2D eigenvalue weighted by Crippen LogP contribution is 2.43. The number of anilines is 1. The summed E-state index contributed by atoms with van der Waals surface area (Å²) in [6.45, 7) is 3.96. The molecule has 27 heavy (non-hydrogen) atoms. The Morgan fingerprint density at radius 1 is 1.04 bits per heavy atom. The topological polar surface area (TPSA) is 57.6 Å². The van der Waals surface area contributed by atoms with Crippen LogP contribution in [0.1, 0.15) is 22.3 Å². The lowest BCUT2D eigenvalue weighted by molar-refractivity contribution is -0.135. The molecule has 1 aliphatic heterocycles. The molecule has 1 atom stereocenters. The van der Waals surface area contributed by atoms with E-state index in [1.807, 2.05) is 36.4 Å². The maximum atomic E-state index is 13.1. The van der Waals surface area contributed by atoms with Gasteiger partial charge in [-0.1, -0.05) is 66.7 Å². The fraction of sp³-hybridized carbons (Fsp3) is 0.130. The highest BCUT2D eigenvalue weighted by Gasteiger charge is 2.50. The van der Waals surface area contributed by atoms with E-state index in [2.05, 4.69) is 6.58 Å². The number of nitrogens with zero attached hydrogens (tertiary/aromatic N) is 1. The summed E-state index contributed by atoms with van der Waals surface area (Å²) < 4.78 is 0. The summed E-state index contributed by atoms with van der Waals surface area (Å²) in [6.07, 6.45) is 1.30. The van der Waals surface area contributed by atoms with E-state index in [0.29, 0.717) is 16.8 Å². The van der Waals surface area contributed by atoms with E-state index >= 15 is 0 Å². The molecule has 0 bridgehead atoms. The molecular formula is C23H19NO3. The third-order valence-corrected chi connectivity index (χ3v) is 5.06. The Morgan fingerprint density at radius 2 is 1.74 bits per heavy atom. The van der Waals surface area contributed by atoms with E-state index < -0.39 is 11.5 Å². The smallest absolute Gasteiger partial charge is 0.264 e. The lowest BCUT2D eigenvalue weighted by Gasteiger charge is -2.22. The van der Waals surface area contributed by atoms with Crippen molar-refractivity contribution < 1.29 is 14.7 Å². The lowest BCUT2D eigenvalue weighted by atomic mass is 9.87. The van der Waals surface area contributed by atoms with Crippen molar-refractivity contribution in [2.45, 2.75) is 12.0 Å². The van der Waals surface area contributed by atoms with Crippen LogP contribution in [0.2, 0.25) is 0 Å². The van der Waals surface area contributed by atoms with E-state index in [1.165, 1.54) is 4.90 Å². The van der Waals surface area contributed by atoms with Crippen LogP contribution in [0.5, 0.6) is 0 Å². The van der Waals surface area contributed by atoms with Crippen molar-refractivity contribution in [3.63, 3.8) is 0 Å². The Morgan fingerprint density at radius 3 is 2.56 bits per heavy atom. The molecule has 1 amide bonds. The molecule has 0 radical (unpaired) electrons. The zero-order valence-corrected chi connectivity index (χ0v) is 14.8. The quantitative estimate of drug-likeness (QED) is 0.558. The fourth-order valence-corrected chi connectivity index (χ4v) is 3.78. The van der Waals surface area contributed by atoms with Gasteiger partial charge in [0.05, 0.1) is 12.1 Å². The van der Waals surface area contributed by atoms with Crippen molar-refractivity contribution in [1.29, 1.82) is 0 Å². The van der Waals surface area contributed by atoms with Gasteiger partial charge in [-0.25, -0.2) is 0 Å². The van der Waals surface area contributed by atoms with Gasteiger partial charge in [-0.05, 0) is 16.8 Å². The predicted octanol–water partition coefficient (Wildman–Crippen LogP) is 3.83. The van der Waals surface area contributed by atoms with Crippen molar-refractivity contribution in [3.05, 3.63) is 90.5 Å². The summed E-state index contributed by atoms with van der Waals surface area (Å²) in [7, 11) is 0. The Balaban J connectivity index is 1.76. The highest BCUT2D eigenvalue weighted by molar-refractivity contribution is 6.14. The number of ketones is 1. The second-order valence-corrected chi connectivity index (χ2v) is 6.71. The summed E-state index contributed by atoms with van der Waals surface area (Å²) in [6, 6.07) is 20.1. The van der Waals surface area contributed by atoms with Crippen molar-refractivity contribution in [2.24, 2.45) is 0 Å². The van der Waals surface area contributed by atoms with E-state index in [4.69, 9.17) is 0 Å². The number of rotatable bonds is 5. The van der Waals surface area contributed by atoms with E-state index in [9.17, 15) is 14.7 Å². The summed E-state index contributed by atoms with van der Waals surface area (Å²) >= 11 is 0. The molecule has 0 unspecified atom stereocenters. The van der Waals surface area contributed by atoms with Crippen LogP contribution in [0.3, 0.4) is 0 Å². The minimum absolute atomic E-state index is 0.266. The van der Waals surface area contributed by atoms with Gasteiger partial charge in [0.1, 0.15) is 0 Å². The van der Waals surface area contributed by atoms with Crippen LogP contribution in [0.15, 0.2) is 79.4 Å². The first-order chi connectivity index (χ1) is 13.1. The molecule has 4 rings (SSSR count). The van der Waals surface area contributed by atoms with Crippen molar-refractivity contribution in [3.8, 4) is 0 Å². The lowest BCUT2D eigenvalue weighted by Crippen LogP contribution is -2.41. The Kier molecular flexibility index (Phi) is 4.13. The van der Waals surface area contributed by atoms with Gasteiger partial charge in [0, 0.05) is 17.7 Å². The number of fused-ring (bicyclic) bond motifs is 2. The van der Waals surface area contributed by atoms with Crippen molar-refractivity contribution in [2.75, 3.05) is 11.4 Å². The Bertz CT molecular complexity index is 1070. The third-order valence-electron chi connectivity index (χ3n) is 5.06. The second-order valence-electron chi connectivity index (χ2n) is 6.71. The van der Waals surface area contributed by atoms with Gasteiger partial charge in [0.15, 0.2) is 11.4 Å². The van der Waals surface area contributed by atoms with Crippen LogP contribution in [-0.4, -0.2) is 23.3 Å². The zero-order chi connectivity index (χ0) is 19.0. The molecule has 1 heterocycles. The summed E-state index contributed by atoms with van der Waals surface area (Å²) in [4.78, 5) is 27.5. The molecule has 0 spiro atoms. The second kappa shape index (κ2) is 6.49. The summed E-state index contributed by atoms with van der Waals surface area (Å²) in [5.41, 5.74) is -0.275. The predicted molar refractivity (Wildman–Crippen MR) is 106 cm³/mol. The monoisotopic (exact) mass is 357 g/mol. The van der Waals surface area contributed by atoms with Crippen LogP contribution in [0, 0.1) is 0 Å². The number of carbonyl (C=O) groups excluding carboxylic acids is 2. The first-order valence-electron chi connectivity index (χ1n) is 8.82. The average molecular weight is 357 g/mol. The van der Waals surface area contributed by atoms with Crippen molar-refractivity contribution in [1.82, 2.24) is 0 Å². The van der Waals surface area contributed by atoms with Gasteiger partial charge in [-0.15, -0.1) is 6.58 Å². The number of aliphatic hydroxyl groups is 1. The van der Waals surface area contributed by atoms with Crippen LogP contribution in [-0.2, 0) is 10.4 Å². The van der Waals surface area contributed by atoms with E-state index in [1.54, 1.807) is 36.4 Å². The number of Topliss-reactive ketones (excluding diaryl/α,β-unsaturated/α-hetero) is 1. The SMILES string of the molecule is C=CCN1C(=O)[C@@](O)(CC(=O)c2cccc3ccccc23)c2ccccc21. The molecule has 0 saturated heterocycles. The van der Waals surface area contributed by atoms with Gasteiger partial charge >= 0.3 is 0 Å². The van der Waals surface area contributed by atoms with E-state index in [0.717, 1.165) is 10.8 Å². The van der Waals surface area contributed by atoms with Gasteiger partial charge in [-0.3, -0.25) is 9.59 Å². The molecule has 0 fully saturated rings. The molecular weight excluding hydrogens is 338 g/mol. The van der Waals surface area contributed by atoms with Gasteiger partial charge in [0.25, 0.3) is 5.91 Å². The molecule has 0 aromatic heterocycles. The first kappa shape index (κ1) is 17.2. The average Bonchev–Trinajstić information content (AvgIpc) is 2.90. The highest BCUT2D eigenvalue weighted by atomic mass is 16.3. The fourth-order valence-electron chi connectivity index (χ4n) is 3.78. The molecule has 4 heteroatoms. The molecule has 4 nitrogen and oxygen atoms in total. The van der Waals surface area contributed by atoms with Crippen LogP contribution < -0.4 is 4.90 Å². The number of hydrogen-bond donors (Lipinski definition) is 1. The van der Waals surface area contributed by atoms with Crippen LogP contribution in [0.25, 0.3) is 10.8 Å². The Labute approximate surface area is 157 Å². The number of amides is 1. The molecule has 134 valence electrons. The largest absolute Gasteiger partial charge is 0.375 e. The van der Waals surface area contributed by atoms with Gasteiger partial charge in [0.2, 0.25) is 0 Å². The number of para-hydroxylation sites is 1. The molecule has 0 saturated carbocycles. The van der Waals surface area contributed by atoms with Gasteiger partial charge < -0.3 is 10.0 Å². The van der Waals surface area contributed by atoms with E-state index in [-0.39, 0.29) is 18.7 Å². The third kappa shape index (κ3) is 2.66. The normalized spacial score (nSPS) is 18.6. The zero-order valence-electron chi connectivity index (χ0n) is 14.8. The standard InChI is InChI=1S/C23H19NO3/c1-2-14-24-20-13-6-5-12-19(20)23(27,22(24)26)15-21(25)18-11-7-9-16-8-3-4-10-17(16)18/h2-13,27H,1,14-15H2/t23-/m1/s1. The maximum absolute atomic E-state index is 13.1.